The van der Waals surface area contributed by atoms with E-state index in [1.165, 1.54) is 14.2 Å². The molecule has 154 valence electrons. The van der Waals surface area contributed by atoms with Crippen LogP contribution in [-0.4, -0.2) is 29.5 Å². The number of nitrogens with zero attached hydrogens (tertiary/aromatic N) is 2. The zero-order valence-corrected chi connectivity index (χ0v) is 16.5. The van der Waals surface area contributed by atoms with E-state index in [4.69, 9.17) is 21.1 Å². The van der Waals surface area contributed by atoms with Crippen molar-refractivity contribution in [2.24, 2.45) is 0 Å². The number of hydrogen-bond donors (Lipinski definition) is 1. The van der Waals surface area contributed by atoms with E-state index in [0.717, 1.165) is 16.7 Å². The Bertz CT molecular complexity index is 1080. The van der Waals surface area contributed by atoms with Crippen molar-refractivity contribution in [2.45, 2.75) is 19.5 Å². The van der Waals surface area contributed by atoms with Gasteiger partial charge in [-0.15, -0.1) is 0 Å². The lowest BCUT2D eigenvalue weighted by Gasteiger charge is -2.12. The lowest BCUT2D eigenvalue weighted by Crippen LogP contribution is -2.17. The van der Waals surface area contributed by atoms with Crippen molar-refractivity contribution in [3.63, 3.8) is 0 Å². The van der Waals surface area contributed by atoms with Crippen molar-refractivity contribution in [3.8, 4) is 11.5 Å². The summed E-state index contributed by atoms with van der Waals surface area (Å²) in [4.78, 5) is 17.2. The van der Waals surface area contributed by atoms with Gasteiger partial charge in [0.2, 0.25) is 0 Å². The van der Waals surface area contributed by atoms with Crippen molar-refractivity contribution in [1.29, 1.82) is 0 Å². The number of hydrogen-bond acceptors (Lipinski definition) is 4. The van der Waals surface area contributed by atoms with Crippen molar-refractivity contribution in [2.75, 3.05) is 19.5 Å². The van der Waals surface area contributed by atoms with Crippen molar-refractivity contribution in [3.05, 3.63) is 52.4 Å². The third kappa shape index (κ3) is 3.95. The second-order valence-electron chi connectivity index (χ2n) is 6.05. The number of methoxy groups -OCH3 is 2. The molecule has 0 aliphatic heterocycles. The summed E-state index contributed by atoms with van der Waals surface area (Å²) in [7, 11) is 2.92. The lowest BCUT2D eigenvalue weighted by molar-refractivity contribution is -0.137. The summed E-state index contributed by atoms with van der Waals surface area (Å²) in [6, 6.07) is 5.52. The number of alkyl halides is 3. The number of rotatable bonds is 5. The number of benzene rings is 1. The van der Waals surface area contributed by atoms with E-state index >= 15 is 0 Å². The molecule has 0 fully saturated rings. The molecule has 2 aromatic heterocycles. The normalized spacial score (nSPS) is 11.6. The van der Waals surface area contributed by atoms with Gasteiger partial charge in [0.25, 0.3) is 5.91 Å². The van der Waals surface area contributed by atoms with Crippen molar-refractivity contribution < 1.29 is 27.4 Å². The molecule has 3 aromatic rings. The number of halogens is 4. The highest BCUT2D eigenvalue weighted by molar-refractivity contribution is 6.33. The van der Waals surface area contributed by atoms with E-state index in [2.05, 4.69) is 10.3 Å². The third-order valence-corrected chi connectivity index (χ3v) is 4.54. The largest absolute Gasteiger partial charge is 0.493 e. The van der Waals surface area contributed by atoms with Gasteiger partial charge in [-0.2, -0.15) is 13.2 Å². The molecule has 1 N–H and O–H groups in total. The maximum Gasteiger partial charge on any atom is 0.417 e. The summed E-state index contributed by atoms with van der Waals surface area (Å²) < 4.78 is 51.0. The first kappa shape index (κ1) is 20.8. The Balaban J connectivity index is 2.08. The van der Waals surface area contributed by atoms with Crippen LogP contribution in [0.5, 0.6) is 11.5 Å². The first-order valence-corrected chi connectivity index (χ1v) is 8.88. The van der Waals surface area contributed by atoms with Crippen LogP contribution < -0.4 is 14.8 Å². The molecule has 1 amide bonds. The Morgan fingerprint density at radius 1 is 1.21 bits per heavy atom. The number of amides is 1. The van der Waals surface area contributed by atoms with Crippen LogP contribution in [0.3, 0.4) is 0 Å². The summed E-state index contributed by atoms with van der Waals surface area (Å²) in [6.45, 7) is 1.74. The first-order valence-electron chi connectivity index (χ1n) is 8.50. The number of ether oxygens (including phenoxy) is 2. The number of pyridine rings is 1. The van der Waals surface area contributed by atoms with Gasteiger partial charge in [0.05, 0.1) is 30.5 Å². The van der Waals surface area contributed by atoms with Crippen LogP contribution in [0.15, 0.2) is 30.5 Å². The number of anilines is 1. The van der Waals surface area contributed by atoms with Gasteiger partial charge >= 0.3 is 6.18 Å². The molecule has 0 saturated carbocycles. The maximum atomic E-state index is 13.2. The third-order valence-electron chi connectivity index (χ3n) is 4.27. The number of nitrogens with one attached hydrogen (secondary N) is 1. The molecule has 3 rings (SSSR count). The van der Waals surface area contributed by atoms with E-state index in [1.807, 2.05) is 0 Å². The van der Waals surface area contributed by atoms with E-state index in [9.17, 15) is 18.0 Å². The van der Waals surface area contributed by atoms with Gasteiger partial charge in [-0.3, -0.25) is 9.20 Å². The number of aromatic nitrogens is 2. The second-order valence-corrected chi connectivity index (χ2v) is 6.46. The van der Waals surface area contributed by atoms with Gasteiger partial charge < -0.3 is 14.8 Å². The van der Waals surface area contributed by atoms with Crippen LogP contribution in [0, 0.1) is 0 Å². The van der Waals surface area contributed by atoms with Gasteiger partial charge in [0.15, 0.2) is 17.1 Å². The lowest BCUT2D eigenvalue weighted by atomic mass is 10.2. The Morgan fingerprint density at radius 2 is 1.90 bits per heavy atom. The summed E-state index contributed by atoms with van der Waals surface area (Å²) in [5, 5.41) is 2.46. The zero-order chi connectivity index (χ0) is 21.3. The molecule has 10 heteroatoms. The Labute approximate surface area is 169 Å². The Morgan fingerprint density at radius 3 is 2.48 bits per heavy atom. The van der Waals surface area contributed by atoms with E-state index < -0.39 is 17.6 Å². The molecular formula is C19H17ClF3N3O3. The molecule has 0 aliphatic rings. The zero-order valence-electron chi connectivity index (χ0n) is 15.7. The molecule has 29 heavy (non-hydrogen) atoms. The maximum absolute atomic E-state index is 13.2. The molecule has 0 atom stereocenters. The van der Waals surface area contributed by atoms with E-state index in [1.54, 1.807) is 25.1 Å². The number of aryl methyl sites for hydroxylation is 1. The average Bonchev–Trinajstić information content (AvgIpc) is 3.06. The summed E-state index contributed by atoms with van der Waals surface area (Å²) in [5.41, 5.74) is -0.221. The molecule has 2 heterocycles. The molecule has 0 aliphatic carbocycles. The number of carbonyl (C=O) groups is 1. The molecule has 1 aromatic carbocycles. The van der Waals surface area contributed by atoms with Gasteiger partial charge in [-0.25, -0.2) is 4.98 Å². The fourth-order valence-electron chi connectivity index (χ4n) is 2.90. The van der Waals surface area contributed by atoms with Gasteiger partial charge in [0, 0.05) is 18.0 Å². The highest BCUT2D eigenvalue weighted by atomic mass is 35.5. The van der Waals surface area contributed by atoms with Crippen molar-refractivity contribution in [1.82, 2.24) is 9.38 Å². The summed E-state index contributed by atoms with van der Waals surface area (Å²) in [6.07, 6.45) is -3.48. The number of fused-ring (bicyclic) bond motifs is 1. The molecule has 0 spiro atoms. The summed E-state index contributed by atoms with van der Waals surface area (Å²) in [5.74, 6) is 0.231. The minimum absolute atomic E-state index is 0.0229. The molecule has 0 unspecified atom stereocenters. The second kappa shape index (κ2) is 7.82. The van der Waals surface area contributed by atoms with Crippen LogP contribution in [0.25, 0.3) is 5.65 Å². The van der Waals surface area contributed by atoms with Gasteiger partial charge in [-0.1, -0.05) is 18.5 Å². The Kier molecular flexibility index (Phi) is 5.61. The quantitative estimate of drug-likeness (QED) is 0.633. The van der Waals surface area contributed by atoms with Crippen LogP contribution in [0.2, 0.25) is 5.02 Å². The summed E-state index contributed by atoms with van der Waals surface area (Å²) >= 11 is 6.00. The fourth-order valence-corrected chi connectivity index (χ4v) is 3.15. The minimum Gasteiger partial charge on any atom is -0.493 e. The molecule has 0 saturated heterocycles. The predicted octanol–water partition coefficient (Wildman–Crippen LogP) is 4.84. The molecule has 0 radical (unpaired) electrons. The minimum atomic E-state index is -4.62. The average molecular weight is 428 g/mol. The van der Waals surface area contributed by atoms with Crippen LogP contribution in [0.1, 0.15) is 28.7 Å². The van der Waals surface area contributed by atoms with Gasteiger partial charge in [0.1, 0.15) is 5.69 Å². The standard InChI is InChI=1S/C19H17ClF3N3O3/c1-4-13-16(18(27)24-11-5-6-14(28-2)15(8-11)29-3)26-9-10(19(21,22)23)7-12(20)17(26)25-13/h5-9H,4H2,1-3H3,(H,24,27). The smallest absolute Gasteiger partial charge is 0.417 e. The fraction of sp³-hybridized carbons (Fsp3) is 0.263. The Hall–Kier alpha value is -2.94. The first-order chi connectivity index (χ1) is 13.7. The predicted molar refractivity (Wildman–Crippen MR) is 102 cm³/mol. The molecular weight excluding hydrogens is 411 g/mol. The molecule has 6 nitrogen and oxygen atoms in total. The van der Waals surface area contributed by atoms with E-state index in [-0.39, 0.29) is 16.4 Å². The van der Waals surface area contributed by atoms with Crippen molar-refractivity contribution >= 4 is 28.8 Å². The topological polar surface area (TPSA) is 64.9 Å². The van der Waals surface area contributed by atoms with Crippen LogP contribution >= 0.6 is 11.6 Å². The molecule has 0 bridgehead atoms. The monoisotopic (exact) mass is 427 g/mol. The van der Waals surface area contributed by atoms with Crippen LogP contribution in [0.4, 0.5) is 18.9 Å². The van der Waals surface area contributed by atoms with E-state index in [0.29, 0.717) is 29.3 Å². The highest BCUT2D eigenvalue weighted by Crippen LogP contribution is 2.34. The van der Waals surface area contributed by atoms with Gasteiger partial charge in [-0.05, 0) is 24.6 Å². The SMILES string of the molecule is CCc1nc2c(Cl)cc(C(F)(F)F)cn2c1C(=O)Nc1ccc(OC)c(OC)c1. The number of imidazole rings is 1. The highest BCUT2D eigenvalue weighted by Gasteiger charge is 2.33. The van der Waals surface area contributed by atoms with Crippen LogP contribution in [-0.2, 0) is 12.6 Å². The number of carbonyl (C=O) groups excluding carboxylic acids is 1.